The Morgan fingerprint density at radius 3 is 2.65 bits per heavy atom. The van der Waals surface area contributed by atoms with Crippen LogP contribution in [0.1, 0.15) is 58.8 Å². The molecule has 3 atom stereocenters. The Balaban J connectivity index is 1.70. The molecular formula is C17H28O3. The molecule has 0 aromatic rings. The third-order valence-corrected chi connectivity index (χ3v) is 5.81. The Kier molecular flexibility index (Phi) is 3.93. The van der Waals surface area contributed by atoms with Crippen molar-refractivity contribution in [2.75, 3.05) is 19.8 Å². The van der Waals surface area contributed by atoms with E-state index in [1.54, 1.807) is 0 Å². The summed E-state index contributed by atoms with van der Waals surface area (Å²) in [4.78, 5) is 13.0. The minimum Gasteiger partial charge on any atom is -0.378 e. The maximum atomic E-state index is 13.0. The van der Waals surface area contributed by atoms with Crippen LogP contribution in [0.4, 0.5) is 0 Å². The maximum absolute atomic E-state index is 13.0. The van der Waals surface area contributed by atoms with Crippen LogP contribution < -0.4 is 0 Å². The lowest BCUT2D eigenvalue weighted by Gasteiger charge is -2.42. The normalized spacial score (nSPS) is 40.9. The van der Waals surface area contributed by atoms with E-state index in [1.807, 2.05) is 0 Å². The van der Waals surface area contributed by atoms with E-state index in [1.165, 1.54) is 19.3 Å². The number of hydrogen-bond donors (Lipinski definition) is 0. The number of hydrogen-bond acceptors (Lipinski definition) is 3. The lowest BCUT2D eigenvalue weighted by molar-refractivity contribution is -0.145. The van der Waals surface area contributed by atoms with Gasteiger partial charge in [0.15, 0.2) is 0 Å². The molecular weight excluding hydrogens is 252 g/mol. The average molecular weight is 280 g/mol. The molecule has 2 heterocycles. The van der Waals surface area contributed by atoms with Crippen molar-refractivity contribution in [2.24, 2.45) is 17.3 Å². The Hall–Kier alpha value is -0.410. The fraction of sp³-hybridized carbons (Fsp3) is 0.941. The highest BCUT2D eigenvalue weighted by Crippen LogP contribution is 2.45. The smallest absolute Gasteiger partial charge is 0.139 e. The van der Waals surface area contributed by atoms with Crippen LogP contribution in [0.3, 0.4) is 0 Å². The zero-order valence-electron chi connectivity index (χ0n) is 13.0. The van der Waals surface area contributed by atoms with Gasteiger partial charge in [-0.05, 0) is 31.1 Å². The van der Waals surface area contributed by atoms with Gasteiger partial charge < -0.3 is 9.47 Å². The van der Waals surface area contributed by atoms with Crippen molar-refractivity contribution in [3.05, 3.63) is 0 Å². The molecule has 0 N–H and O–H groups in total. The highest BCUT2D eigenvalue weighted by atomic mass is 16.6. The van der Waals surface area contributed by atoms with Gasteiger partial charge in [-0.1, -0.05) is 26.7 Å². The summed E-state index contributed by atoms with van der Waals surface area (Å²) in [5.41, 5.74) is 0.0460. The van der Waals surface area contributed by atoms with Crippen LogP contribution in [0, 0.1) is 17.3 Å². The first-order chi connectivity index (χ1) is 9.53. The van der Waals surface area contributed by atoms with E-state index in [2.05, 4.69) is 13.8 Å². The van der Waals surface area contributed by atoms with E-state index in [0.29, 0.717) is 12.4 Å². The predicted molar refractivity (Wildman–Crippen MR) is 77.6 cm³/mol. The second-order valence-electron chi connectivity index (χ2n) is 7.71. The first-order valence-corrected chi connectivity index (χ1v) is 8.28. The second kappa shape index (κ2) is 5.42. The van der Waals surface area contributed by atoms with Crippen LogP contribution in [-0.4, -0.2) is 31.2 Å². The van der Waals surface area contributed by atoms with E-state index in [4.69, 9.17) is 9.47 Å². The summed E-state index contributed by atoms with van der Waals surface area (Å²) in [6.45, 7) is 6.76. The SMILES string of the molecule is CC1(C)CCCCC1C(=O)C1CCOC2(CCOC2)C1. The number of carbonyl (C=O) groups excluding carboxylic acids is 1. The standard InChI is InChI=1S/C17H28O3/c1-16(2)7-4-3-5-14(16)15(18)13-6-9-20-17(11-13)8-10-19-12-17/h13-14H,3-12H2,1-2H3. The van der Waals surface area contributed by atoms with Gasteiger partial charge in [-0.3, -0.25) is 4.79 Å². The summed E-state index contributed by atoms with van der Waals surface area (Å²) in [5.74, 6) is 0.982. The van der Waals surface area contributed by atoms with Gasteiger partial charge in [-0.15, -0.1) is 0 Å². The highest BCUT2D eigenvalue weighted by Gasteiger charge is 2.46. The molecule has 114 valence electrons. The number of rotatable bonds is 2. The zero-order valence-corrected chi connectivity index (χ0v) is 13.0. The molecule has 1 spiro atoms. The number of Topliss-reactive ketones (excluding diaryl/α,β-unsaturated/α-hetero) is 1. The highest BCUT2D eigenvalue weighted by molar-refractivity contribution is 5.84. The fourth-order valence-electron chi connectivity index (χ4n) is 4.44. The Morgan fingerprint density at radius 1 is 1.10 bits per heavy atom. The van der Waals surface area contributed by atoms with E-state index in [0.717, 1.165) is 38.9 Å². The van der Waals surface area contributed by atoms with Crippen molar-refractivity contribution in [1.82, 2.24) is 0 Å². The van der Waals surface area contributed by atoms with Gasteiger partial charge in [0, 0.05) is 31.5 Å². The van der Waals surface area contributed by atoms with Crippen molar-refractivity contribution in [1.29, 1.82) is 0 Å². The van der Waals surface area contributed by atoms with Gasteiger partial charge >= 0.3 is 0 Å². The fourth-order valence-corrected chi connectivity index (χ4v) is 4.44. The first-order valence-electron chi connectivity index (χ1n) is 8.28. The Labute approximate surface area is 122 Å². The van der Waals surface area contributed by atoms with Crippen LogP contribution >= 0.6 is 0 Å². The van der Waals surface area contributed by atoms with Crippen molar-refractivity contribution >= 4 is 5.78 Å². The molecule has 0 amide bonds. The molecule has 3 rings (SSSR count). The monoisotopic (exact) mass is 280 g/mol. The van der Waals surface area contributed by atoms with Crippen LogP contribution in [-0.2, 0) is 14.3 Å². The zero-order chi connectivity index (χ0) is 14.2. The average Bonchev–Trinajstić information content (AvgIpc) is 2.85. The molecule has 2 aliphatic heterocycles. The van der Waals surface area contributed by atoms with E-state index >= 15 is 0 Å². The molecule has 0 radical (unpaired) electrons. The lowest BCUT2D eigenvalue weighted by atomic mass is 9.64. The molecule has 0 aromatic heterocycles. The van der Waals surface area contributed by atoms with E-state index in [-0.39, 0.29) is 22.9 Å². The van der Waals surface area contributed by atoms with Gasteiger partial charge in [0.2, 0.25) is 0 Å². The largest absolute Gasteiger partial charge is 0.378 e. The molecule has 3 aliphatic rings. The third kappa shape index (κ3) is 2.67. The number of ether oxygens (including phenoxy) is 2. The van der Waals surface area contributed by atoms with Gasteiger partial charge in [0.1, 0.15) is 5.78 Å². The van der Waals surface area contributed by atoms with Gasteiger partial charge in [0.25, 0.3) is 0 Å². The van der Waals surface area contributed by atoms with Gasteiger partial charge in [0.05, 0.1) is 12.2 Å². The molecule has 3 nitrogen and oxygen atoms in total. The van der Waals surface area contributed by atoms with Crippen molar-refractivity contribution in [3.8, 4) is 0 Å². The summed E-state index contributed by atoms with van der Waals surface area (Å²) in [6.07, 6.45) is 7.55. The van der Waals surface area contributed by atoms with Crippen LogP contribution in [0.15, 0.2) is 0 Å². The van der Waals surface area contributed by atoms with Crippen molar-refractivity contribution in [2.45, 2.75) is 64.4 Å². The molecule has 0 aromatic carbocycles. The minimum atomic E-state index is -0.141. The summed E-state index contributed by atoms with van der Waals surface area (Å²) >= 11 is 0. The second-order valence-corrected chi connectivity index (χ2v) is 7.71. The molecule has 3 unspecified atom stereocenters. The Bertz CT molecular complexity index is 368. The lowest BCUT2D eigenvalue weighted by Crippen LogP contribution is -2.46. The van der Waals surface area contributed by atoms with Gasteiger partial charge in [-0.2, -0.15) is 0 Å². The molecule has 3 fully saturated rings. The molecule has 1 aliphatic carbocycles. The predicted octanol–water partition coefficient (Wildman–Crippen LogP) is 3.36. The van der Waals surface area contributed by atoms with Crippen LogP contribution in [0.25, 0.3) is 0 Å². The summed E-state index contributed by atoms with van der Waals surface area (Å²) in [7, 11) is 0. The van der Waals surface area contributed by atoms with Crippen LogP contribution in [0.5, 0.6) is 0 Å². The first kappa shape index (κ1) is 14.5. The minimum absolute atomic E-state index is 0.141. The number of carbonyl (C=O) groups is 1. The topological polar surface area (TPSA) is 35.5 Å². The molecule has 3 heteroatoms. The number of ketones is 1. The Morgan fingerprint density at radius 2 is 1.95 bits per heavy atom. The van der Waals surface area contributed by atoms with Gasteiger partial charge in [-0.25, -0.2) is 0 Å². The summed E-state index contributed by atoms with van der Waals surface area (Å²) in [6, 6.07) is 0. The van der Waals surface area contributed by atoms with E-state index in [9.17, 15) is 4.79 Å². The summed E-state index contributed by atoms with van der Waals surface area (Å²) < 4.78 is 11.5. The van der Waals surface area contributed by atoms with Crippen LogP contribution in [0.2, 0.25) is 0 Å². The molecule has 0 bridgehead atoms. The van der Waals surface area contributed by atoms with Crippen molar-refractivity contribution in [3.63, 3.8) is 0 Å². The third-order valence-electron chi connectivity index (χ3n) is 5.81. The van der Waals surface area contributed by atoms with Crippen molar-refractivity contribution < 1.29 is 14.3 Å². The molecule has 20 heavy (non-hydrogen) atoms. The molecule has 1 saturated carbocycles. The quantitative estimate of drug-likeness (QED) is 0.778. The molecule has 2 saturated heterocycles. The summed E-state index contributed by atoms with van der Waals surface area (Å²) in [5, 5.41) is 0. The maximum Gasteiger partial charge on any atom is 0.139 e. The van der Waals surface area contributed by atoms with E-state index < -0.39 is 0 Å².